The predicted octanol–water partition coefficient (Wildman–Crippen LogP) is 2.21. The summed E-state index contributed by atoms with van der Waals surface area (Å²) in [4.78, 5) is 0. The first-order valence-electron chi connectivity index (χ1n) is 5.00. The quantitative estimate of drug-likeness (QED) is 0.397. The van der Waals surface area contributed by atoms with E-state index in [4.69, 9.17) is 0 Å². The molecule has 0 aliphatic rings. The van der Waals surface area contributed by atoms with Crippen LogP contribution in [0.5, 0.6) is 0 Å². The highest BCUT2D eigenvalue weighted by molar-refractivity contribution is 6.01. The maximum atomic E-state index is 4.52. The van der Waals surface area contributed by atoms with Crippen molar-refractivity contribution in [3.05, 3.63) is 48.5 Å². The number of fused-ring (bicyclic) bond motifs is 3. The molecule has 2 aromatic carbocycles. The molecule has 72 valence electrons. The Kier molecular flexibility index (Phi) is 1.68. The van der Waals surface area contributed by atoms with Crippen molar-refractivity contribution < 1.29 is 4.68 Å². The molecular weight excluding hydrogens is 184 g/mol. The van der Waals surface area contributed by atoms with Gasteiger partial charge < -0.3 is 0 Å². The molecule has 0 spiro atoms. The Bertz CT molecular complexity index is 644. The van der Waals surface area contributed by atoms with Gasteiger partial charge in [-0.15, -0.1) is 0 Å². The number of hydrogen-bond acceptors (Lipinski definition) is 1. The summed E-state index contributed by atoms with van der Waals surface area (Å²) >= 11 is 0. The number of rotatable bonds is 0. The van der Waals surface area contributed by atoms with Gasteiger partial charge in [0.2, 0.25) is 5.52 Å². The Morgan fingerprint density at radius 2 is 1.53 bits per heavy atom. The van der Waals surface area contributed by atoms with E-state index in [-0.39, 0.29) is 0 Å². The van der Waals surface area contributed by atoms with E-state index in [1.165, 1.54) is 10.8 Å². The monoisotopic (exact) mass is 195 g/mol. The number of benzene rings is 2. The summed E-state index contributed by atoms with van der Waals surface area (Å²) in [5, 5.41) is 6.99. The van der Waals surface area contributed by atoms with Crippen molar-refractivity contribution in [1.82, 2.24) is 5.10 Å². The lowest BCUT2D eigenvalue weighted by molar-refractivity contribution is -0.703. The minimum absolute atomic E-state index is 1.04. The standard InChI is InChI=1S/C13H11N2/c1-15-13-9-5-3-7-11(13)10-6-2-4-8-12(10)14-15/h2-9H,1H3/q+1. The second-order valence-electron chi connectivity index (χ2n) is 3.66. The first-order chi connectivity index (χ1) is 7.36. The van der Waals surface area contributed by atoms with Crippen LogP contribution in [-0.2, 0) is 7.05 Å². The highest BCUT2D eigenvalue weighted by Crippen LogP contribution is 2.19. The maximum Gasteiger partial charge on any atom is 0.239 e. The summed E-state index contributed by atoms with van der Waals surface area (Å²) in [6.07, 6.45) is 0. The Balaban J connectivity index is 2.64. The molecular formula is C13H11N2+. The molecule has 15 heavy (non-hydrogen) atoms. The molecule has 0 aliphatic carbocycles. The summed E-state index contributed by atoms with van der Waals surface area (Å²) < 4.78 is 1.93. The average Bonchev–Trinajstić information content (AvgIpc) is 2.30. The van der Waals surface area contributed by atoms with E-state index in [0.717, 1.165) is 11.0 Å². The molecule has 0 saturated heterocycles. The van der Waals surface area contributed by atoms with Gasteiger partial charge in [0.15, 0.2) is 7.05 Å². The first-order valence-corrected chi connectivity index (χ1v) is 5.00. The van der Waals surface area contributed by atoms with Gasteiger partial charge in [-0.25, -0.2) is 0 Å². The van der Waals surface area contributed by atoms with Crippen LogP contribution in [0, 0.1) is 0 Å². The molecule has 2 nitrogen and oxygen atoms in total. The highest BCUT2D eigenvalue weighted by Gasteiger charge is 2.09. The molecule has 0 saturated carbocycles. The second kappa shape index (κ2) is 3.02. The Labute approximate surface area is 87.8 Å². The molecule has 0 radical (unpaired) electrons. The van der Waals surface area contributed by atoms with Crippen LogP contribution in [0.25, 0.3) is 21.8 Å². The van der Waals surface area contributed by atoms with Crippen molar-refractivity contribution >= 4 is 21.8 Å². The van der Waals surface area contributed by atoms with Crippen molar-refractivity contribution in [1.29, 1.82) is 0 Å². The number of para-hydroxylation sites is 1. The van der Waals surface area contributed by atoms with Gasteiger partial charge in [0.25, 0.3) is 0 Å². The van der Waals surface area contributed by atoms with Gasteiger partial charge in [-0.05, 0) is 12.1 Å². The summed E-state index contributed by atoms with van der Waals surface area (Å²) in [5.41, 5.74) is 2.20. The fourth-order valence-electron chi connectivity index (χ4n) is 1.99. The molecule has 0 fully saturated rings. The van der Waals surface area contributed by atoms with Crippen LogP contribution >= 0.6 is 0 Å². The third kappa shape index (κ3) is 1.18. The topological polar surface area (TPSA) is 16.8 Å². The molecule has 0 atom stereocenters. The van der Waals surface area contributed by atoms with E-state index in [0.29, 0.717) is 0 Å². The summed E-state index contributed by atoms with van der Waals surface area (Å²) in [6.45, 7) is 0. The third-order valence-corrected chi connectivity index (χ3v) is 2.70. The van der Waals surface area contributed by atoms with Crippen molar-refractivity contribution in [2.24, 2.45) is 7.05 Å². The van der Waals surface area contributed by atoms with Crippen LogP contribution in [0.15, 0.2) is 48.5 Å². The van der Waals surface area contributed by atoms with Crippen molar-refractivity contribution in [3.8, 4) is 0 Å². The van der Waals surface area contributed by atoms with Gasteiger partial charge in [-0.1, -0.05) is 35.0 Å². The number of aryl methyl sites for hydroxylation is 1. The zero-order chi connectivity index (χ0) is 10.3. The number of hydrogen-bond donors (Lipinski definition) is 0. The van der Waals surface area contributed by atoms with Crippen LogP contribution in [0.1, 0.15) is 0 Å². The average molecular weight is 195 g/mol. The van der Waals surface area contributed by atoms with E-state index >= 15 is 0 Å². The summed E-state index contributed by atoms with van der Waals surface area (Å²) in [7, 11) is 1.98. The van der Waals surface area contributed by atoms with Crippen molar-refractivity contribution in [3.63, 3.8) is 0 Å². The largest absolute Gasteiger partial charge is 0.239 e. The Morgan fingerprint density at radius 1 is 0.867 bits per heavy atom. The molecule has 0 N–H and O–H groups in total. The first kappa shape index (κ1) is 8.36. The molecule has 0 unspecified atom stereocenters. The predicted molar refractivity (Wildman–Crippen MR) is 60.4 cm³/mol. The van der Waals surface area contributed by atoms with E-state index in [1.54, 1.807) is 0 Å². The molecule has 0 bridgehead atoms. The minimum Gasteiger partial charge on any atom is -0.0859 e. The number of aromatic nitrogens is 2. The zero-order valence-corrected chi connectivity index (χ0v) is 8.51. The fourth-order valence-corrected chi connectivity index (χ4v) is 1.99. The van der Waals surface area contributed by atoms with Crippen LogP contribution in [0.3, 0.4) is 0 Å². The highest BCUT2D eigenvalue weighted by atomic mass is 15.2. The van der Waals surface area contributed by atoms with Crippen molar-refractivity contribution in [2.45, 2.75) is 0 Å². The van der Waals surface area contributed by atoms with Gasteiger partial charge in [0.1, 0.15) is 5.52 Å². The molecule has 3 rings (SSSR count). The Morgan fingerprint density at radius 3 is 2.40 bits per heavy atom. The summed E-state index contributed by atoms with van der Waals surface area (Å²) in [6, 6.07) is 16.6. The zero-order valence-electron chi connectivity index (χ0n) is 8.51. The lowest BCUT2D eigenvalue weighted by Gasteiger charge is -1.99. The molecule has 0 amide bonds. The van der Waals surface area contributed by atoms with Gasteiger partial charge in [0.05, 0.1) is 5.39 Å². The number of nitrogens with zero attached hydrogens (tertiary/aromatic N) is 2. The van der Waals surface area contributed by atoms with E-state index < -0.39 is 0 Å². The van der Waals surface area contributed by atoms with E-state index in [2.05, 4.69) is 35.4 Å². The molecule has 2 heteroatoms. The molecule has 1 heterocycles. The van der Waals surface area contributed by atoms with Crippen LogP contribution in [0.4, 0.5) is 0 Å². The normalized spacial score (nSPS) is 11.0. The lowest BCUT2D eigenvalue weighted by atomic mass is 10.1. The van der Waals surface area contributed by atoms with Gasteiger partial charge >= 0.3 is 0 Å². The molecule has 3 aromatic rings. The van der Waals surface area contributed by atoms with Crippen LogP contribution in [0.2, 0.25) is 0 Å². The smallest absolute Gasteiger partial charge is 0.0859 e. The maximum absolute atomic E-state index is 4.52. The lowest BCUT2D eigenvalue weighted by Crippen LogP contribution is -2.33. The van der Waals surface area contributed by atoms with Gasteiger partial charge in [-0.3, -0.25) is 0 Å². The SMILES string of the molecule is C[n+]1nc2ccccc2c2ccccc21. The van der Waals surface area contributed by atoms with Gasteiger partial charge in [-0.2, -0.15) is 0 Å². The van der Waals surface area contributed by atoms with Crippen LogP contribution < -0.4 is 4.68 Å². The second-order valence-corrected chi connectivity index (χ2v) is 3.66. The van der Waals surface area contributed by atoms with E-state index in [1.807, 2.05) is 29.9 Å². The van der Waals surface area contributed by atoms with Gasteiger partial charge in [0, 0.05) is 16.6 Å². The van der Waals surface area contributed by atoms with E-state index in [9.17, 15) is 0 Å². The molecule has 0 aliphatic heterocycles. The Hall–Kier alpha value is -1.96. The van der Waals surface area contributed by atoms with Crippen LogP contribution in [-0.4, -0.2) is 5.10 Å². The minimum atomic E-state index is 1.04. The van der Waals surface area contributed by atoms with Crippen molar-refractivity contribution in [2.75, 3.05) is 0 Å². The molecule has 1 aromatic heterocycles. The summed E-state index contributed by atoms with van der Waals surface area (Å²) in [5.74, 6) is 0. The fraction of sp³-hybridized carbons (Fsp3) is 0.0769. The third-order valence-electron chi connectivity index (χ3n) is 2.70.